The average Bonchev–Trinajstić information content (AvgIpc) is 1.79. The molecule has 1 saturated heterocycles. The van der Waals surface area contributed by atoms with E-state index in [-0.39, 0.29) is 0 Å². The van der Waals surface area contributed by atoms with E-state index in [2.05, 4.69) is 4.98 Å². The monoisotopic (exact) mass is 203 g/mol. The van der Waals surface area contributed by atoms with Crippen LogP contribution in [0.5, 0.6) is 0 Å². The van der Waals surface area contributed by atoms with E-state index in [1.54, 1.807) is 0 Å². The minimum atomic E-state index is 0.447. The zero-order valence-corrected chi connectivity index (χ0v) is 7.77. The molecule has 0 unspecified atom stereocenters. The molecule has 4 heteroatoms. The van der Waals surface area contributed by atoms with Gasteiger partial charge >= 0.3 is 0 Å². The number of ether oxygens (including phenoxy) is 1. The second-order valence-corrected chi connectivity index (χ2v) is 3.55. The third-order valence-corrected chi connectivity index (χ3v) is 2.28. The van der Waals surface area contributed by atoms with Gasteiger partial charge in [-0.1, -0.05) is 23.2 Å². The number of hydrogen-bond acceptors (Lipinski definition) is 2. The molecule has 0 spiro atoms. The van der Waals surface area contributed by atoms with Crippen LogP contribution >= 0.6 is 23.2 Å². The molecule has 2 rings (SSSR count). The second-order valence-electron chi connectivity index (χ2n) is 2.78. The van der Waals surface area contributed by atoms with Crippen LogP contribution in [0, 0.1) is 0 Å². The van der Waals surface area contributed by atoms with Crippen LogP contribution in [-0.2, 0) is 4.74 Å². The van der Waals surface area contributed by atoms with Crippen LogP contribution in [0.15, 0.2) is 12.1 Å². The Bertz CT molecular complexity index is 279. The van der Waals surface area contributed by atoms with Gasteiger partial charge in [-0.25, -0.2) is 4.98 Å². The highest BCUT2D eigenvalue weighted by atomic mass is 35.5. The van der Waals surface area contributed by atoms with Gasteiger partial charge in [0.15, 0.2) is 0 Å². The highest BCUT2D eigenvalue weighted by Gasteiger charge is 2.21. The fraction of sp³-hybridized carbons (Fsp3) is 0.375. The molecular weight excluding hydrogens is 197 g/mol. The maximum Gasteiger partial charge on any atom is 0.131 e. The van der Waals surface area contributed by atoms with Crippen LogP contribution in [0.25, 0.3) is 0 Å². The molecule has 1 aromatic heterocycles. The molecule has 1 aliphatic rings. The quantitative estimate of drug-likeness (QED) is 0.655. The lowest BCUT2D eigenvalue weighted by Gasteiger charge is -2.26. The van der Waals surface area contributed by atoms with Crippen LogP contribution < -0.4 is 0 Å². The smallest absolute Gasteiger partial charge is 0.131 e. The van der Waals surface area contributed by atoms with Crippen LogP contribution in [-0.4, -0.2) is 18.2 Å². The third-order valence-electron chi connectivity index (χ3n) is 1.89. The van der Waals surface area contributed by atoms with Crippen molar-refractivity contribution in [1.29, 1.82) is 0 Å². The van der Waals surface area contributed by atoms with Crippen molar-refractivity contribution in [3.05, 3.63) is 28.0 Å². The molecule has 2 heterocycles. The molecular formula is C8H7Cl2NO. The first-order chi connectivity index (χ1) is 5.75. The molecule has 1 aliphatic heterocycles. The Kier molecular flexibility index (Phi) is 2.22. The predicted molar refractivity (Wildman–Crippen MR) is 47.8 cm³/mol. The van der Waals surface area contributed by atoms with E-state index in [4.69, 9.17) is 27.9 Å². The van der Waals surface area contributed by atoms with Crippen LogP contribution in [0.3, 0.4) is 0 Å². The Balaban J connectivity index is 2.30. The maximum absolute atomic E-state index is 5.74. The summed E-state index contributed by atoms with van der Waals surface area (Å²) in [6, 6.07) is 3.67. The van der Waals surface area contributed by atoms with Crippen LogP contribution in [0.4, 0.5) is 0 Å². The lowest BCUT2D eigenvalue weighted by Crippen LogP contribution is -2.25. The van der Waals surface area contributed by atoms with Crippen molar-refractivity contribution in [2.24, 2.45) is 0 Å². The molecule has 0 radical (unpaired) electrons. The van der Waals surface area contributed by atoms with E-state index in [1.807, 2.05) is 12.1 Å². The van der Waals surface area contributed by atoms with Gasteiger partial charge in [0.25, 0.3) is 0 Å². The fourth-order valence-electron chi connectivity index (χ4n) is 1.15. The molecule has 12 heavy (non-hydrogen) atoms. The molecule has 1 aromatic rings. The molecule has 0 saturated carbocycles. The zero-order chi connectivity index (χ0) is 8.55. The van der Waals surface area contributed by atoms with Crippen molar-refractivity contribution in [1.82, 2.24) is 4.98 Å². The highest BCUT2D eigenvalue weighted by Crippen LogP contribution is 2.27. The molecule has 64 valence electrons. The Morgan fingerprint density at radius 2 is 1.83 bits per heavy atom. The molecule has 0 aliphatic carbocycles. The first kappa shape index (κ1) is 8.30. The highest BCUT2D eigenvalue weighted by molar-refractivity contribution is 6.32. The number of rotatable bonds is 1. The Morgan fingerprint density at radius 1 is 1.25 bits per heavy atom. The second kappa shape index (κ2) is 3.21. The van der Waals surface area contributed by atoms with Crippen LogP contribution in [0.2, 0.25) is 10.3 Å². The lowest BCUT2D eigenvalue weighted by molar-refractivity contribution is 0.00840. The first-order valence-corrected chi connectivity index (χ1v) is 4.42. The summed E-state index contributed by atoms with van der Waals surface area (Å²) in [6.07, 6.45) is 0. The van der Waals surface area contributed by atoms with Gasteiger partial charge in [-0.15, -0.1) is 0 Å². The first-order valence-electron chi connectivity index (χ1n) is 3.66. The normalized spacial score (nSPS) is 17.5. The molecule has 0 amide bonds. The number of halogens is 2. The SMILES string of the molecule is Clc1cc(C2COC2)cc(Cl)n1. The van der Waals surface area contributed by atoms with Gasteiger partial charge in [-0.05, 0) is 17.7 Å². The van der Waals surface area contributed by atoms with Gasteiger partial charge in [0.2, 0.25) is 0 Å². The minimum absolute atomic E-state index is 0.447. The summed E-state index contributed by atoms with van der Waals surface area (Å²) >= 11 is 11.5. The van der Waals surface area contributed by atoms with E-state index in [1.165, 1.54) is 0 Å². The predicted octanol–water partition coefficient (Wildman–Crippen LogP) is 2.50. The van der Waals surface area contributed by atoms with Crippen molar-refractivity contribution in [3.63, 3.8) is 0 Å². The van der Waals surface area contributed by atoms with Crippen molar-refractivity contribution < 1.29 is 4.74 Å². The largest absolute Gasteiger partial charge is 0.380 e. The number of hydrogen-bond donors (Lipinski definition) is 0. The van der Waals surface area contributed by atoms with E-state index in [0.717, 1.165) is 18.8 Å². The summed E-state index contributed by atoms with van der Waals surface area (Å²) in [5.74, 6) is 0.447. The van der Waals surface area contributed by atoms with Crippen molar-refractivity contribution in [2.45, 2.75) is 5.92 Å². The summed E-state index contributed by atoms with van der Waals surface area (Å²) in [4.78, 5) is 3.87. The fourth-order valence-corrected chi connectivity index (χ4v) is 1.62. The summed E-state index contributed by atoms with van der Waals surface area (Å²) in [7, 11) is 0. The molecule has 1 fully saturated rings. The zero-order valence-electron chi connectivity index (χ0n) is 6.26. The third kappa shape index (κ3) is 1.56. The van der Waals surface area contributed by atoms with Gasteiger partial charge in [-0.3, -0.25) is 0 Å². The Morgan fingerprint density at radius 3 is 2.25 bits per heavy atom. The number of aromatic nitrogens is 1. The summed E-state index contributed by atoms with van der Waals surface area (Å²) in [6.45, 7) is 1.52. The molecule has 0 aromatic carbocycles. The number of pyridine rings is 1. The molecule has 0 N–H and O–H groups in total. The minimum Gasteiger partial charge on any atom is -0.380 e. The Hall–Kier alpha value is -0.310. The van der Waals surface area contributed by atoms with Gasteiger partial charge in [0, 0.05) is 5.92 Å². The molecule has 0 bridgehead atoms. The van der Waals surface area contributed by atoms with Gasteiger partial charge in [0.05, 0.1) is 13.2 Å². The lowest BCUT2D eigenvalue weighted by atomic mass is 9.99. The average molecular weight is 204 g/mol. The van der Waals surface area contributed by atoms with E-state index in [0.29, 0.717) is 16.2 Å². The van der Waals surface area contributed by atoms with Crippen molar-refractivity contribution in [2.75, 3.05) is 13.2 Å². The Labute approximate surface area is 80.5 Å². The van der Waals surface area contributed by atoms with E-state index >= 15 is 0 Å². The van der Waals surface area contributed by atoms with E-state index in [9.17, 15) is 0 Å². The van der Waals surface area contributed by atoms with Gasteiger partial charge in [-0.2, -0.15) is 0 Å². The molecule has 0 atom stereocenters. The van der Waals surface area contributed by atoms with Crippen molar-refractivity contribution in [3.8, 4) is 0 Å². The summed E-state index contributed by atoms with van der Waals surface area (Å²) in [5, 5.41) is 0.897. The van der Waals surface area contributed by atoms with E-state index < -0.39 is 0 Å². The van der Waals surface area contributed by atoms with Crippen LogP contribution in [0.1, 0.15) is 11.5 Å². The van der Waals surface area contributed by atoms with Gasteiger partial charge in [0.1, 0.15) is 10.3 Å². The summed E-state index contributed by atoms with van der Waals surface area (Å²) < 4.78 is 5.06. The standard InChI is InChI=1S/C8H7Cl2NO/c9-7-1-5(2-8(10)11-7)6-3-12-4-6/h1-2,6H,3-4H2. The number of nitrogens with zero attached hydrogens (tertiary/aromatic N) is 1. The maximum atomic E-state index is 5.74. The topological polar surface area (TPSA) is 22.1 Å². The summed E-state index contributed by atoms with van der Waals surface area (Å²) in [5.41, 5.74) is 1.12. The molecule has 2 nitrogen and oxygen atoms in total. The van der Waals surface area contributed by atoms with Gasteiger partial charge < -0.3 is 4.74 Å². The van der Waals surface area contributed by atoms with Crippen molar-refractivity contribution >= 4 is 23.2 Å².